The van der Waals surface area contributed by atoms with Crippen LogP contribution in [0.15, 0.2) is 35.0 Å². The molecule has 0 unspecified atom stereocenters. The minimum Gasteiger partial charge on any atom is -0.235 e. The van der Waals surface area contributed by atoms with E-state index in [4.69, 9.17) is 23.2 Å². The van der Waals surface area contributed by atoms with Gasteiger partial charge in [-0.15, -0.1) is 22.7 Å². The molecule has 0 saturated heterocycles. The first-order valence-electron chi connectivity index (χ1n) is 6.65. The molecule has 2 nitrogen and oxygen atoms in total. The molecule has 0 amide bonds. The lowest BCUT2D eigenvalue weighted by Crippen LogP contribution is -1.84. The normalized spacial score (nSPS) is 11.5. The molecular formula is C17H10Cl2N2S2. The Kier molecular flexibility index (Phi) is 4.84. The fraction of sp³-hybridized carbons (Fsp3) is 0.0588. The van der Waals surface area contributed by atoms with Crippen molar-refractivity contribution in [3.05, 3.63) is 60.5 Å². The molecule has 2 heterocycles. The van der Waals surface area contributed by atoms with E-state index in [1.54, 1.807) is 23.5 Å². The number of aromatic nitrogens is 1. The molecular weight excluding hydrogens is 367 g/mol. The van der Waals surface area contributed by atoms with Gasteiger partial charge in [0.1, 0.15) is 11.1 Å². The monoisotopic (exact) mass is 376 g/mol. The van der Waals surface area contributed by atoms with Crippen molar-refractivity contribution < 1.29 is 0 Å². The van der Waals surface area contributed by atoms with E-state index in [2.05, 4.69) is 11.1 Å². The van der Waals surface area contributed by atoms with E-state index in [1.807, 2.05) is 35.9 Å². The molecule has 0 aliphatic carbocycles. The van der Waals surface area contributed by atoms with Gasteiger partial charge in [-0.25, -0.2) is 4.98 Å². The molecule has 0 N–H and O–H groups in total. The summed E-state index contributed by atoms with van der Waals surface area (Å²) in [5.41, 5.74) is 3.26. The Bertz CT molecular complexity index is 932. The van der Waals surface area contributed by atoms with Crippen molar-refractivity contribution in [3.8, 4) is 17.3 Å². The Labute approximate surface area is 152 Å². The van der Waals surface area contributed by atoms with Crippen LogP contribution < -0.4 is 0 Å². The fourth-order valence-electron chi connectivity index (χ4n) is 2.02. The zero-order valence-electron chi connectivity index (χ0n) is 12.0. The van der Waals surface area contributed by atoms with Crippen LogP contribution in [0, 0.1) is 18.3 Å². The molecule has 0 fully saturated rings. The van der Waals surface area contributed by atoms with Gasteiger partial charge in [-0.3, -0.25) is 0 Å². The largest absolute Gasteiger partial charge is 0.235 e. The highest BCUT2D eigenvalue weighted by Gasteiger charge is 2.12. The minimum absolute atomic E-state index is 0.547. The number of thiophene rings is 1. The summed E-state index contributed by atoms with van der Waals surface area (Å²) >= 11 is 15.2. The third-order valence-corrected chi connectivity index (χ3v) is 5.63. The lowest BCUT2D eigenvalue weighted by Gasteiger charge is -2.00. The van der Waals surface area contributed by atoms with Gasteiger partial charge in [0.2, 0.25) is 0 Å². The summed E-state index contributed by atoms with van der Waals surface area (Å²) in [5, 5.41) is 15.2. The first kappa shape index (κ1) is 16.2. The Balaban J connectivity index is 1.99. The summed E-state index contributed by atoms with van der Waals surface area (Å²) in [6, 6.07) is 9.57. The summed E-state index contributed by atoms with van der Waals surface area (Å²) in [6.45, 7) is 2.03. The van der Waals surface area contributed by atoms with Crippen LogP contribution in [0.4, 0.5) is 0 Å². The Morgan fingerprint density at radius 1 is 1.26 bits per heavy atom. The Hall–Kier alpha value is -1.64. The third kappa shape index (κ3) is 3.49. The predicted octanol–water partition coefficient (Wildman–Crippen LogP) is 6.55. The topological polar surface area (TPSA) is 36.7 Å². The highest BCUT2D eigenvalue weighted by molar-refractivity contribution is 7.12. The highest BCUT2D eigenvalue weighted by Crippen LogP contribution is 2.33. The van der Waals surface area contributed by atoms with Gasteiger partial charge in [-0.2, -0.15) is 5.26 Å². The number of benzene rings is 1. The molecule has 0 aliphatic heterocycles. The minimum atomic E-state index is 0.547. The number of hydrogen-bond acceptors (Lipinski definition) is 4. The molecule has 0 bridgehead atoms. The summed E-state index contributed by atoms with van der Waals surface area (Å²) in [6.07, 6.45) is 1.88. The molecule has 0 aliphatic rings. The van der Waals surface area contributed by atoms with Gasteiger partial charge in [0.05, 0.1) is 16.3 Å². The van der Waals surface area contributed by atoms with Crippen LogP contribution in [0.3, 0.4) is 0 Å². The van der Waals surface area contributed by atoms with E-state index >= 15 is 0 Å². The van der Waals surface area contributed by atoms with Gasteiger partial charge in [0.15, 0.2) is 0 Å². The predicted molar refractivity (Wildman–Crippen MR) is 100 cm³/mol. The van der Waals surface area contributed by atoms with E-state index in [1.165, 1.54) is 11.3 Å². The maximum Gasteiger partial charge on any atom is 0.134 e. The zero-order chi connectivity index (χ0) is 16.4. The van der Waals surface area contributed by atoms with E-state index in [0.717, 1.165) is 21.7 Å². The number of aryl methyl sites for hydroxylation is 1. The van der Waals surface area contributed by atoms with Crippen molar-refractivity contribution in [2.45, 2.75) is 6.92 Å². The lowest BCUT2D eigenvalue weighted by atomic mass is 10.2. The van der Waals surface area contributed by atoms with Crippen molar-refractivity contribution >= 4 is 57.5 Å². The average molecular weight is 377 g/mol. The van der Waals surface area contributed by atoms with Crippen LogP contribution in [-0.2, 0) is 0 Å². The molecule has 3 aromatic rings. The van der Waals surface area contributed by atoms with Gasteiger partial charge in [-0.05, 0) is 48.2 Å². The van der Waals surface area contributed by atoms with E-state index in [0.29, 0.717) is 20.6 Å². The Morgan fingerprint density at radius 3 is 2.74 bits per heavy atom. The first-order valence-corrected chi connectivity index (χ1v) is 9.17. The molecule has 0 radical (unpaired) electrons. The number of hydrogen-bond donors (Lipinski definition) is 0. The molecule has 2 aromatic heterocycles. The summed E-state index contributed by atoms with van der Waals surface area (Å²) in [7, 11) is 0. The number of allylic oxidation sites excluding steroid dienone is 1. The van der Waals surface area contributed by atoms with E-state index in [-0.39, 0.29) is 0 Å². The van der Waals surface area contributed by atoms with Crippen LogP contribution in [0.1, 0.15) is 15.4 Å². The van der Waals surface area contributed by atoms with Crippen molar-refractivity contribution in [1.29, 1.82) is 5.26 Å². The van der Waals surface area contributed by atoms with Crippen molar-refractivity contribution in [2.75, 3.05) is 0 Å². The molecule has 23 heavy (non-hydrogen) atoms. The zero-order valence-corrected chi connectivity index (χ0v) is 15.2. The number of rotatable bonds is 3. The number of thiazole rings is 1. The quantitative estimate of drug-likeness (QED) is 0.485. The van der Waals surface area contributed by atoms with Crippen molar-refractivity contribution in [1.82, 2.24) is 4.98 Å². The second-order valence-electron chi connectivity index (χ2n) is 4.80. The van der Waals surface area contributed by atoms with Gasteiger partial charge in [0.25, 0.3) is 0 Å². The average Bonchev–Trinajstić information content (AvgIpc) is 3.14. The SMILES string of the molecule is Cc1ccsc1/C=C(/C#N)c1nc(-c2ccc(Cl)cc2Cl)cs1. The highest BCUT2D eigenvalue weighted by atomic mass is 35.5. The van der Waals surface area contributed by atoms with E-state index in [9.17, 15) is 5.26 Å². The first-order chi connectivity index (χ1) is 11.1. The number of nitriles is 1. The summed E-state index contributed by atoms with van der Waals surface area (Å²) in [4.78, 5) is 5.63. The molecule has 0 spiro atoms. The standard InChI is InChI=1S/C17H10Cl2N2S2/c1-10-4-5-22-16(10)6-11(8-20)17-21-15(9-23-17)13-3-2-12(18)7-14(13)19/h2-7,9H,1H3/b11-6-. The van der Waals surface area contributed by atoms with Crippen molar-refractivity contribution in [3.63, 3.8) is 0 Å². The summed E-state index contributed by atoms with van der Waals surface area (Å²) < 4.78 is 0. The smallest absolute Gasteiger partial charge is 0.134 e. The number of nitrogens with zero attached hydrogens (tertiary/aromatic N) is 2. The van der Waals surface area contributed by atoms with Crippen LogP contribution in [-0.4, -0.2) is 4.98 Å². The van der Waals surface area contributed by atoms with Crippen LogP contribution in [0.5, 0.6) is 0 Å². The van der Waals surface area contributed by atoms with Gasteiger partial charge >= 0.3 is 0 Å². The van der Waals surface area contributed by atoms with Crippen LogP contribution in [0.25, 0.3) is 22.9 Å². The van der Waals surface area contributed by atoms with Gasteiger partial charge in [-0.1, -0.05) is 23.2 Å². The van der Waals surface area contributed by atoms with Gasteiger partial charge < -0.3 is 0 Å². The second kappa shape index (κ2) is 6.86. The molecule has 0 saturated carbocycles. The van der Waals surface area contributed by atoms with Crippen LogP contribution in [0.2, 0.25) is 10.0 Å². The van der Waals surface area contributed by atoms with Gasteiger partial charge in [0, 0.05) is 20.8 Å². The number of halogens is 2. The third-order valence-electron chi connectivity index (χ3n) is 3.24. The summed E-state index contributed by atoms with van der Waals surface area (Å²) in [5.74, 6) is 0. The molecule has 114 valence electrons. The molecule has 3 rings (SSSR count). The Morgan fingerprint density at radius 2 is 2.09 bits per heavy atom. The van der Waals surface area contributed by atoms with Crippen molar-refractivity contribution in [2.24, 2.45) is 0 Å². The molecule has 1 aromatic carbocycles. The molecule has 6 heteroatoms. The molecule has 0 atom stereocenters. The lowest BCUT2D eigenvalue weighted by molar-refractivity contribution is 1.37. The second-order valence-corrected chi connectivity index (χ2v) is 7.45. The maximum absolute atomic E-state index is 9.45. The van der Waals surface area contributed by atoms with Crippen LogP contribution >= 0.6 is 45.9 Å². The maximum atomic E-state index is 9.45. The van der Waals surface area contributed by atoms with E-state index < -0.39 is 0 Å². The fourth-order valence-corrected chi connectivity index (χ4v) is 4.17.